The fraction of sp³-hybridized carbons (Fsp3) is 1.00. The topological polar surface area (TPSA) is 54.4 Å². The first-order valence-corrected chi connectivity index (χ1v) is 5.44. The van der Waals surface area contributed by atoms with Gasteiger partial charge >= 0.3 is 0 Å². The number of aliphatic hydroxyl groups is 1. The summed E-state index contributed by atoms with van der Waals surface area (Å²) >= 11 is 0. The maximum Gasteiger partial charge on any atom is 0.152 e. The molecule has 0 aliphatic heterocycles. The molecule has 1 atom stereocenters. The first-order valence-electron chi connectivity index (χ1n) is 3.72. The van der Waals surface area contributed by atoms with Crippen LogP contribution in [-0.2, 0) is 9.84 Å². The molecule has 0 amide bonds. The Kier molecular flexibility index (Phi) is 4.03. The van der Waals surface area contributed by atoms with Crippen molar-refractivity contribution in [1.29, 1.82) is 0 Å². The molecule has 0 aliphatic carbocycles. The molecule has 0 saturated carbocycles. The predicted octanol–water partition coefficient (Wildman–Crippen LogP) is 0.438. The number of aliphatic hydroxyl groups excluding tert-OH is 1. The lowest BCUT2D eigenvalue weighted by Crippen LogP contribution is -2.23. The minimum Gasteiger partial charge on any atom is -0.396 e. The third kappa shape index (κ3) is 3.72. The Balaban J connectivity index is 4.15. The van der Waals surface area contributed by atoms with Gasteiger partial charge in [0.25, 0.3) is 0 Å². The van der Waals surface area contributed by atoms with E-state index in [1.165, 1.54) is 0 Å². The third-order valence-corrected chi connectivity index (χ3v) is 4.02. The molecule has 0 fully saturated rings. The van der Waals surface area contributed by atoms with Crippen LogP contribution in [0.2, 0.25) is 0 Å². The van der Waals surface area contributed by atoms with E-state index < -0.39 is 9.84 Å². The van der Waals surface area contributed by atoms with E-state index in [1.807, 2.05) is 0 Å². The van der Waals surface area contributed by atoms with Crippen molar-refractivity contribution in [1.82, 2.24) is 0 Å². The van der Waals surface area contributed by atoms with Crippen LogP contribution in [0.25, 0.3) is 0 Å². The van der Waals surface area contributed by atoms with Crippen molar-refractivity contribution in [2.24, 2.45) is 5.92 Å². The van der Waals surface area contributed by atoms with Gasteiger partial charge in [-0.15, -0.1) is 0 Å². The van der Waals surface area contributed by atoms with Gasteiger partial charge in [-0.2, -0.15) is 0 Å². The van der Waals surface area contributed by atoms with Crippen molar-refractivity contribution < 1.29 is 13.5 Å². The van der Waals surface area contributed by atoms with E-state index in [9.17, 15) is 8.42 Å². The molecule has 68 valence electrons. The van der Waals surface area contributed by atoms with E-state index in [2.05, 4.69) is 0 Å². The SMILES string of the molecule is CC(CO)CS(=O)(=O)C(C)C. The highest BCUT2D eigenvalue weighted by Crippen LogP contribution is 2.06. The number of rotatable bonds is 4. The molecule has 0 aromatic rings. The van der Waals surface area contributed by atoms with Crippen LogP contribution in [0.3, 0.4) is 0 Å². The van der Waals surface area contributed by atoms with E-state index in [1.54, 1.807) is 20.8 Å². The molecule has 1 unspecified atom stereocenters. The van der Waals surface area contributed by atoms with Crippen molar-refractivity contribution in [2.45, 2.75) is 26.0 Å². The van der Waals surface area contributed by atoms with Crippen LogP contribution in [0.5, 0.6) is 0 Å². The van der Waals surface area contributed by atoms with Crippen molar-refractivity contribution in [2.75, 3.05) is 12.4 Å². The Morgan fingerprint density at radius 3 is 2.00 bits per heavy atom. The molecular weight excluding hydrogens is 164 g/mol. The normalized spacial score (nSPS) is 15.4. The van der Waals surface area contributed by atoms with Crippen LogP contribution >= 0.6 is 0 Å². The zero-order valence-electron chi connectivity index (χ0n) is 7.24. The van der Waals surface area contributed by atoms with Gasteiger partial charge in [-0.1, -0.05) is 6.92 Å². The second kappa shape index (κ2) is 4.07. The summed E-state index contributed by atoms with van der Waals surface area (Å²) in [6, 6.07) is 0. The highest BCUT2D eigenvalue weighted by atomic mass is 32.2. The van der Waals surface area contributed by atoms with Crippen LogP contribution in [0.4, 0.5) is 0 Å². The van der Waals surface area contributed by atoms with Crippen molar-refractivity contribution in [3.8, 4) is 0 Å². The molecule has 1 N–H and O–H groups in total. The van der Waals surface area contributed by atoms with Gasteiger partial charge in [-0.05, 0) is 19.8 Å². The molecule has 0 aliphatic rings. The Hall–Kier alpha value is -0.0900. The van der Waals surface area contributed by atoms with E-state index in [0.29, 0.717) is 0 Å². The lowest BCUT2D eigenvalue weighted by molar-refractivity contribution is 0.249. The molecule has 0 aromatic heterocycles. The van der Waals surface area contributed by atoms with Gasteiger partial charge in [0.15, 0.2) is 9.84 Å². The van der Waals surface area contributed by atoms with Crippen molar-refractivity contribution in [3.05, 3.63) is 0 Å². The summed E-state index contributed by atoms with van der Waals surface area (Å²) in [5.41, 5.74) is 0. The fourth-order valence-corrected chi connectivity index (χ4v) is 1.93. The molecule has 3 nitrogen and oxygen atoms in total. The minimum absolute atomic E-state index is 0.0635. The van der Waals surface area contributed by atoms with Gasteiger partial charge in [-0.3, -0.25) is 0 Å². The Bertz CT molecular complexity index is 194. The zero-order chi connectivity index (χ0) is 9.07. The molecule has 0 rings (SSSR count). The van der Waals surface area contributed by atoms with Gasteiger partial charge in [0, 0.05) is 6.61 Å². The molecule has 11 heavy (non-hydrogen) atoms. The second-order valence-electron chi connectivity index (χ2n) is 3.17. The van der Waals surface area contributed by atoms with Gasteiger partial charge in [0.1, 0.15) is 0 Å². The fourth-order valence-electron chi connectivity index (χ4n) is 0.642. The Morgan fingerprint density at radius 1 is 1.27 bits per heavy atom. The summed E-state index contributed by atoms with van der Waals surface area (Å²) in [6.07, 6.45) is 0. The largest absolute Gasteiger partial charge is 0.396 e. The first-order chi connectivity index (χ1) is 4.90. The molecule has 0 bridgehead atoms. The minimum atomic E-state index is -2.97. The van der Waals surface area contributed by atoms with E-state index in [4.69, 9.17) is 5.11 Å². The monoisotopic (exact) mass is 180 g/mol. The lowest BCUT2D eigenvalue weighted by Gasteiger charge is -2.10. The summed E-state index contributed by atoms with van der Waals surface area (Å²) in [7, 11) is -2.97. The van der Waals surface area contributed by atoms with E-state index in [0.717, 1.165) is 0 Å². The van der Waals surface area contributed by atoms with Crippen molar-refractivity contribution in [3.63, 3.8) is 0 Å². The van der Waals surface area contributed by atoms with Gasteiger partial charge < -0.3 is 5.11 Å². The lowest BCUT2D eigenvalue weighted by atomic mass is 10.2. The number of hydrogen-bond acceptors (Lipinski definition) is 3. The highest BCUT2D eigenvalue weighted by Gasteiger charge is 2.18. The molecule has 0 saturated heterocycles. The number of sulfone groups is 1. The summed E-state index contributed by atoms with van der Waals surface area (Å²) in [5, 5.41) is 8.28. The highest BCUT2D eigenvalue weighted by molar-refractivity contribution is 7.91. The van der Waals surface area contributed by atoms with Crippen LogP contribution in [0.15, 0.2) is 0 Å². The molecule has 0 aromatic carbocycles. The van der Waals surface area contributed by atoms with Crippen molar-refractivity contribution >= 4 is 9.84 Å². The summed E-state index contributed by atoms with van der Waals surface area (Å²) in [4.78, 5) is 0. The van der Waals surface area contributed by atoms with Crippen LogP contribution < -0.4 is 0 Å². The molecule has 0 radical (unpaired) electrons. The smallest absolute Gasteiger partial charge is 0.152 e. The van der Waals surface area contributed by atoms with Crippen LogP contribution in [0.1, 0.15) is 20.8 Å². The first kappa shape index (κ1) is 10.9. The molecule has 4 heteroatoms. The van der Waals surface area contributed by atoms with Crippen LogP contribution in [-0.4, -0.2) is 31.1 Å². The maximum atomic E-state index is 11.2. The summed E-state index contributed by atoms with van der Waals surface area (Å²) in [6.45, 7) is 4.96. The molecular formula is C7H16O3S. The molecule has 0 heterocycles. The maximum absolute atomic E-state index is 11.2. The quantitative estimate of drug-likeness (QED) is 0.683. The van der Waals surface area contributed by atoms with E-state index in [-0.39, 0.29) is 23.5 Å². The Labute approximate surface area is 68.3 Å². The average Bonchev–Trinajstić information content (AvgIpc) is 1.86. The number of hydrogen-bond donors (Lipinski definition) is 1. The Morgan fingerprint density at radius 2 is 1.73 bits per heavy atom. The average molecular weight is 180 g/mol. The second-order valence-corrected chi connectivity index (χ2v) is 5.77. The zero-order valence-corrected chi connectivity index (χ0v) is 8.06. The summed E-state index contributed by atoms with van der Waals surface area (Å²) in [5.74, 6) is -0.0661. The van der Waals surface area contributed by atoms with Gasteiger partial charge in [-0.25, -0.2) is 8.42 Å². The standard InChI is InChI=1S/C7H16O3S/c1-6(2)11(9,10)5-7(3)4-8/h6-8H,4-5H2,1-3H3. The molecule has 0 spiro atoms. The third-order valence-electron chi connectivity index (χ3n) is 1.55. The predicted molar refractivity (Wildman–Crippen MR) is 45.2 cm³/mol. The van der Waals surface area contributed by atoms with Gasteiger partial charge in [0.2, 0.25) is 0 Å². The van der Waals surface area contributed by atoms with Gasteiger partial charge in [0.05, 0.1) is 11.0 Å². The van der Waals surface area contributed by atoms with Crippen LogP contribution in [0, 0.1) is 5.92 Å². The summed E-state index contributed by atoms with van der Waals surface area (Å²) < 4.78 is 22.4. The van der Waals surface area contributed by atoms with E-state index >= 15 is 0 Å².